The lowest BCUT2D eigenvalue weighted by Gasteiger charge is -2.10. The number of hydrogen-bond donors (Lipinski definition) is 2. The van der Waals surface area contributed by atoms with E-state index in [1.807, 2.05) is 38.2 Å². The van der Waals surface area contributed by atoms with E-state index in [9.17, 15) is 5.26 Å². The van der Waals surface area contributed by atoms with Crippen LogP contribution in [0.4, 0.5) is 5.82 Å². The predicted octanol–water partition coefficient (Wildman–Crippen LogP) is 3.71. The van der Waals surface area contributed by atoms with E-state index in [1.54, 1.807) is 0 Å². The standard InChI is InChI=1S/C18H18N4/c1-12-9-13(2)22-18(16(12)10-19)20-8-7-14-11-21-17-6-4-3-5-15(14)17/h3-6,9,11,21H,7-8H2,1-2H3,(H,20,22). The largest absolute Gasteiger partial charge is 0.369 e. The van der Waals surface area contributed by atoms with Gasteiger partial charge >= 0.3 is 0 Å². The van der Waals surface area contributed by atoms with Gasteiger partial charge in [-0.25, -0.2) is 4.98 Å². The van der Waals surface area contributed by atoms with Crippen molar-refractivity contribution in [2.75, 3.05) is 11.9 Å². The zero-order chi connectivity index (χ0) is 15.5. The number of aryl methyl sites for hydroxylation is 2. The molecule has 110 valence electrons. The molecule has 0 bridgehead atoms. The third-order valence-electron chi connectivity index (χ3n) is 3.82. The van der Waals surface area contributed by atoms with Crippen molar-refractivity contribution < 1.29 is 0 Å². The van der Waals surface area contributed by atoms with Gasteiger partial charge in [-0.1, -0.05) is 18.2 Å². The number of fused-ring (bicyclic) bond motifs is 1. The first-order valence-corrected chi connectivity index (χ1v) is 7.36. The molecule has 0 saturated carbocycles. The average molecular weight is 290 g/mol. The van der Waals surface area contributed by atoms with Crippen molar-refractivity contribution in [3.05, 3.63) is 58.9 Å². The molecular formula is C18H18N4. The summed E-state index contributed by atoms with van der Waals surface area (Å²) >= 11 is 0. The van der Waals surface area contributed by atoms with Crippen LogP contribution in [-0.2, 0) is 6.42 Å². The molecule has 0 atom stereocenters. The van der Waals surface area contributed by atoms with Gasteiger partial charge in [0.1, 0.15) is 11.9 Å². The lowest BCUT2D eigenvalue weighted by Crippen LogP contribution is -2.09. The fraction of sp³-hybridized carbons (Fsp3) is 0.222. The van der Waals surface area contributed by atoms with Crippen molar-refractivity contribution in [1.29, 1.82) is 5.26 Å². The molecule has 0 aliphatic heterocycles. The summed E-state index contributed by atoms with van der Waals surface area (Å²) in [6.45, 7) is 4.63. The summed E-state index contributed by atoms with van der Waals surface area (Å²) in [5, 5.41) is 13.8. The maximum absolute atomic E-state index is 9.28. The van der Waals surface area contributed by atoms with Gasteiger partial charge in [-0.05, 0) is 43.5 Å². The van der Waals surface area contributed by atoms with Gasteiger partial charge in [0, 0.05) is 29.3 Å². The van der Waals surface area contributed by atoms with Crippen LogP contribution < -0.4 is 5.32 Å². The van der Waals surface area contributed by atoms with E-state index in [4.69, 9.17) is 0 Å². The van der Waals surface area contributed by atoms with Crippen LogP contribution in [-0.4, -0.2) is 16.5 Å². The number of aromatic amines is 1. The zero-order valence-electron chi connectivity index (χ0n) is 12.8. The summed E-state index contributed by atoms with van der Waals surface area (Å²) in [6.07, 6.45) is 2.93. The third kappa shape index (κ3) is 2.66. The molecule has 3 rings (SSSR count). The van der Waals surface area contributed by atoms with Crippen LogP contribution in [0.25, 0.3) is 10.9 Å². The molecule has 1 aromatic carbocycles. The molecule has 0 unspecified atom stereocenters. The monoisotopic (exact) mass is 290 g/mol. The smallest absolute Gasteiger partial charge is 0.144 e. The molecule has 0 aliphatic rings. The molecule has 4 nitrogen and oxygen atoms in total. The number of pyridine rings is 1. The highest BCUT2D eigenvalue weighted by atomic mass is 15.0. The number of benzene rings is 1. The molecule has 2 N–H and O–H groups in total. The van der Waals surface area contributed by atoms with E-state index in [2.05, 4.69) is 33.5 Å². The molecule has 0 amide bonds. The number of aromatic nitrogens is 2. The highest BCUT2D eigenvalue weighted by Gasteiger charge is 2.08. The van der Waals surface area contributed by atoms with Gasteiger partial charge in [-0.2, -0.15) is 5.26 Å². The van der Waals surface area contributed by atoms with Gasteiger partial charge in [0.15, 0.2) is 0 Å². The minimum atomic E-state index is 0.629. The first-order valence-electron chi connectivity index (χ1n) is 7.36. The Morgan fingerprint density at radius 3 is 2.91 bits per heavy atom. The fourth-order valence-electron chi connectivity index (χ4n) is 2.76. The number of H-pyrrole nitrogens is 1. The van der Waals surface area contributed by atoms with Crippen LogP contribution in [0, 0.1) is 25.2 Å². The van der Waals surface area contributed by atoms with E-state index in [1.165, 1.54) is 10.9 Å². The Bertz CT molecular complexity index is 855. The highest BCUT2D eigenvalue weighted by molar-refractivity contribution is 5.83. The molecule has 0 aliphatic carbocycles. The van der Waals surface area contributed by atoms with Gasteiger partial charge in [-0.15, -0.1) is 0 Å². The Morgan fingerprint density at radius 1 is 1.27 bits per heavy atom. The molecule has 0 radical (unpaired) electrons. The van der Waals surface area contributed by atoms with Crippen molar-refractivity contribution in [2.45, 2.75) is 20.3 Å². The predicted molar refractivity (Wildman–Crippen MR) is 88.9 cm³/mol. The van der Waals surface area contributed by atoms with Gasteiger partial charge in [0.05, 0.1) is 5.56 Å². The van der Waals surface area contributed by atoms with Crippen molar-refractivity contribution >= 4 is 16.7 Å². The van der Waals surface area contributed by atoms with E-state index in [-0.39, 0.29) is 0 Å². The number of nitrogens with zero attached hydrogens (tertiary/aromatic N) is 2. The van der Waals surface area contributed by atoms with Crippen molar-refractivity contribution in [3.8, 4) is 6.07 Å². The molecule has 22 heavy (non-hydrogen) atoms. The average Bonchev–Trinajstić information content (AvgIpc) is 2.90. The maximum atomic E-state index is 9.28. The Labute approximate surface area is 129 Å². The van der Waals surface area contributed by atoms with E-state index in [0.29, 0.717) is 11.4 Å². The lowest BCUT2D eigenvalue weighted by atomic mass is 10.1. The lowest BCUT2D eigenvalue weighted by molar-refractivity contribution is 1.00. The molecule has 4 heteroatoms. The molecule has 0 fully saturated rings. The Morgan fingerprint density at radius 2 is 2.09 bits per heavy atom. The summed E-state index contributed by atoms with van der Waals surface area (Å²) in [5.74, 6) is 0.680. The van der Waals surface area contributed by atoms with Crippen LogP contribution >= 0.6 is 0 Å². The topological polar surface area (TPSA) is 64.5 Å². The molecule has 2 heterocycles. The molecule has 3 aromatic rings. The first-order chi connectivity index (χ1) is 10.7. The Hall–Kier alpha value is -2.80. The van der Waals surface area contributed by atoms with Gasteiger partial charge < -0.3 is 10.3 Å². The van der Waals surface area contributed by atoms with Crippen LogP contribution in [0.15, 0.2) is 36.5 Å². The zero-order valence-corrected chi connectivity index (χ0v) is 12.8. The number of anilines is 1. The minimum Gasteiger partial charge on any atom is -0.369 e. The number of rotatable bonds is 4. The van der Waals surface area contributed by atoms with Crippen LogP contribution in [0.5, 0.6) is 0 Å². The molecular weight excluding hydrogens is 272 g/mol. The SMILES string of the molecule is Cc1cc(C)c(C#N)c(NCCc2c[nH]c3ccccc23)n1. The molecule has 2 aromatic heterocycles. The number of nitrogens with one attached hydrogen (secondary N) is 2. The van der Waals surface area contributed by atoms with Gasteiger partial charge in [-0.3, -0.25) is 0 Å². The quantitative estimate of drug-likeness (QED) is 0.770. The van der Waals surface area contributed by atoms with E-state index >= 15 is 0 Å². The second-order valence-electron chi connectivity index (χ2n) is 5.45. The fourth-order valence-corrected chi connectivity index (χ4v) is 2.76. The minimum absolute atomic E-state index is 0.629. The summed E-state index contributed by atoms with van der Waals surface area (Å²) in [6, 6.07) is 12.4. The summed E-state index contributed by atoms with van der Waals surface area (Å²) in [5.41, 5.74) is 4.94. The Balaban J connectivity index is 1.75. The highest BCUT2D eigenvalue weighted by Crippen LogP contribution is 2.20. The van der Waals surface area contributed by atoms with Gasteiger partial charge in [0.25, 0.3) is 0 Å². The van der Waals surface area contributed by atoms with Crippen LogP contribution in [0.1, 0.15) is 22.4 Å². The van der Waals surface area contributed by atoms with Crippen LogP contribution in [0.3, 0.4) is 0 Å². The summed E-state index contributed by atoms with van der Waals surface area (Å²) in [7, 11) is 0. The number of nitriles is 1. The van der Waals surface area contributed by atoms with Crippen molar-refractivity contribution in [1.82, 2.24) is 9.97 Å². The summed E-state index contributed by atoms with van der Waals surface area (Å²) < 4.78 is 0. The van der Waals surface area contributed by atoms with Crippen molar-refractivity contribution in [2.24, 2.45) is 0 Å². The van der Waals surface area contributed by atoms with Crippen LogP contribution in [0.2, 0.25) is 0 Å². The van der Waals surface area contributed by atoms with Crippen molar-refractivity contribution in [3.63, 3.8) is 0 Å². The van der Waals surface area contributed by atoms with E-state index in [0.717, 1.165) is 29.7 Å². The normalized spacial score (nSPS) is 10.6. The number of hydrogen-bond acceptors (Lipinski definition) is 3. The summed E-state index contributed by atoms with van der Waals surface area (Å²) in [4.78, 5) is 7.73. The number of para-hydroxylation sites is 1. The third-order valence-corrected chi connectivity index (χ3v) is 3.82. The molecule has 0 spiro atoms. The second-order valence-corrected chi connectivity index (χ2v) is 5.45. The first kappa shape index (κ1) is 14.2. The van der Waals surface area contributed by atoms with Gasteiger partial charge in [0.2, 0.25) is 0 Å². The molecule has 0 saturated heterocycles. The Kier molecular flexibility index (Phi) is 3.80. The second kappa shape index (κ2) is 5.90. The van der Waals surface area contributed by atoms with E-state index < -0.39 is 0 Å². The maximum Gasteiger partial charge on any atom is 0.144 e.